The summed E-state index contributed by atoms with van der Waals surface area (Å²) in [5.74, 6) is -3.01. The SMILES string of the molecule is O=C(CC(=O)c1ccc(F)cc1)C(=O)Cc1ccc(F)cc1. The monoisotopic (exact) mass is 302 g/mol. The van der Waals surface area contributed by atoms with Gasteiger partial charge in [-0.05, 0) is 42.0 Å². The van der Waals surface area contributed by atoms with Gasteiger partial charge in [-0.15, -0.1) is 0 Å². The molecule has 0 amide bonds. The summed E-state index contributed by atoms with van der Waals surface area (Å²) in [4.78, 5) is 35.3. The van der Waals surface area contributed by atoms with Crippen LogP contribution in [0.25, 0.3) is 0 Å². The van der Waals surface area contributed by atoms with Gasteiger partial charge in [0.1, 0.15) is 11.6 Å². The largest absolute Gasteiger partial charge is 0.294 e. The van der Waals surface area contributed by atoms with Gasteiger partial charge >= 0.3 is 0 Å². The van der Waals surface area contributed by atoms with Gasteiger partial charge in [-0.3, -0.25) is 14.4 Å². The molecule has 3 nitrogen and oxygen atoms in total. The summed E-state index contributed by atoms with van der Waals surface area (Å²) < 4.78 is 25.5. The Morgan fingerprint density at radius 2 is 1.23 bits per heavy atom. The van der Waals surface area contributed by atoms with E-state index in [1.807, 2.05) is 0 Å². The fraction of sp³-hybridized carbons (Fsp3) is 0.118. The van der Waals surface area contributed by atoms with Crippen molar-refractivity contribution in [3.05, 3.63) is 71.3 Å². The molecule has 0 aliphatic heterocycles. The zero-order valence-electron chi connectivity index (χ0n) is 11.5. The van der Waals surface area contributed by atoms with Gasteiger partial charge in [-0.25, -0.2) is 8.78 Å². The zero-order valence-corrected chi connectivity index (χ0v) is 11.5. The molecule has 0 aliphatic rings. The molecule has 0 heterocycles. The second-order valence-corrected chi connectivity index (χ2v) is 4.76. The minimum absolute atomic E-state index is 0.171. The van der Waals surface area contributed by atoms with Crippen molar-refractivity contribution in [2.24, 2.45) is 0 Å². The van der Waals surface area contributed by atoms with E-state index in [1.165, 1.54) is 36.4 Å². The zero-order chi connectivity index (χ0) is 16.1. The molecule has 2 aromatic carbocycles. The molecule has 0 unspecified atom stereocenters. The Bertz CT molecular complexity index is 704. The normalized spacial score (nSPS) is 10.3. The molecule has 2 aromatic rings. The van der Waals surface area contributed by atoms with E-state index in [4.69, 9.17) is 0 Å². The predicted molar refractivity (Wildman–Crippen MR) is 75.5 cm³/mol. The van der Waals surface area contributed by atoms with E-state index in [1.54, 1.807) is 0 Å². The summed E-state index contributed by atoms with van der Waals surface area (Å²) in [6.07, 6.45) is -0.749. The molecule has 0 bridgehead atoms. The molecule has 0 aliphatic carbocycles. The van der Waals surface area contributed by atoms with Gasteiger partial charge in [0.25, 0.3) is 0 Å². The summed E-state index contributed by atoms with van der Waals surface area (Å²) in [7, 11) is 0. The quantitative estimate of drug-likeness (QED) is 0.468. The molecule has 0 saturated heterocycles. The van der Waals surface area contributed by atoms with Crippen LogP contribution in [0.4, 0.5) is 8.78 Å². The number of carbonyl (C=O) groups excluding carboxylic acids is 3. The van der Waals surface area contributed by atoms with Crippen LogP contribution in [-0.2, 0) is 16.0 Å². The molecule has 0 radical (unpaired) electrons. The molecular weight excluding hydrogens is 290 g/mol. The number of ketones is 3. The molecule has 22 heavy (non-hydrogen) atoms. The van der Waals surface area contributed by atoms with Gasteiger partial charge in [-0.1, -0.05) is 12.1 Å². The average molecular weight is 302 g/mol. The number of carbonyl (C=O) groups is 3. The second kappa shape index (κ2) is 6.85. The molecule has 0 N–H and O–H groups in total. The van der Waals surface area contributed by atoms with Crippen molar-refractivity contribution in [2.45, 2.75) is 12.8 Å². The molecule has 112 valence electrons. The lowest BCUT2D eigenvalue weighted by atomic mass is 10.0. The van der Waals surface area contributed by atoms with E-state index in [0.717, 1.165) is 12.1 Å². The van der Waals surface area contributed by atoms with Crippen molar-refractivity contribution in [1.82, 2.24) is 0 Å². The molecule has 0 spiro atoms. The molecule has 0 saturated carbocycles. The maximum Gasteiger partial charge on any atom is 0.206 e. The Morgan fingerprint density at radius 1 is 0.727 bits per heavy atom. The van der Waals surface area contributed by atoms with Gasteiger partial charge in [0.05, 0.1) is 6.42 Å². The molecule has 0 atom stereocenters. The van der Waals surface area contributed by atoms with Gasteiger partial charge in [-0.2, -0.15) is 0 Å². The van der Waals surface area contributed by atoms with Crippen molar-refractivity contribution in [1.29, 1.82) is 0 Å². The van der Waals surface area contributed by atoms with Gasteiger partial charge in [0.2, 0.25) is 11.6 Å². The lowest BCUT2D eigenvalue weighted by molar-refractivity contribution is -0.135. The number of hydrogen-bond acceptors (Lipinski definition) is 3. The van der Waals surface area contributed by atoms with Crippen LogP contribution in [0.5, 0.6) is 0 Å². The first kappa shape index (κ1) is 15.7. The highest BCUT2D eigenvalue weighted by Gasteiger charge is 2.19. The summed E-state index contributed by atoms with van der Waals surface area (Å²) in [5.41, 5.74) is 0.665. The van der Waals surface area contributed by atoms with Crippen LogP contribution in [0.15, 0.2) is 48.5 Å². The minimum Gasteiger partial charge on any atom is -0.294 e. The van der Waals surface area contributed by atoms with Crippen LogP contribution in [0, 0.1) is 11.6 Å². The van der Waals surface area contributed by atoms with E-state index in [0.29, 0.717) is 5.56 Å². The summed E-state index contributed by atoms with van der Waals surface area (Å²) in [5, 5.41) is 0. The van der Waals surface area contributed by atoms with Crippen molar-refractivity contribution < 1.29 is 23.2 Å². The van der Waals surface area contributed by atoms with E-state index >= 15 is 0 Å². The Kier molecular flexibility index (Phi) is 4.88. The minimum atomic E-state index is -0.821. The average Bonchev–Trinajstić information content (AvgIpc) is 2.50. The van der Waals surface area contributed by atoms with Crippen molar-refractivity contribution in [3.8, 4) is 0 Å². The van der Waals surface area contributed by atoms with E-state index in [-0.39, 0.29) is 12.0 Å². The topological polar surface area (TPSA) is 51.2 Å². The predicted octanol–water partition coefficient (Wildman–Crippen LogP) is 2.92. The standard InChI is InChI=1S/C17H12F2O3/c18-13-5-1-11(2-6-13)9-16(21)17(22)10-15(20)12-3-7-14(19)8-4-12/h1-8H,9-10H2. The Balaban J connectivity index is 1.96. The van der Waals surface area contributed by atoms with E-state index < -0.39 is 35.4 Å². The summed E-state index contributed by atoms with van der Waals surface area (Å²) in [6.45, 7) is 0. The number of hydrogen-bond donors (Lipinski definition) is 0. The number of rotatable bonds is 6. The first-order valence-corrected chi connectivity index (χ1v) is 6.55. The fourth-order valence-electron chi connectivity index (χ4n) is 1.87. The maximum absolute atomic E-state index is 12.8. The van der Waals surface area contributed by atoms with Crippen molar-refractivity contribution >= 4 is 17.3 Å². The third-order valence-corrected chi connectivity index (χ3v) is 3.08. The fourth-order valence-corrected chi connectivity index (χ4v) is 1.87. The highest BCUT2D eigenvalue weighted by Crippen LogP contribution is 2.08. The Hall–Kier alpha value is -2.69. The Labute approximate surface area is 125 Å². The Morgan fingerprint density at radius 3 is 1.77 bits per heavy atom. The molecule has 2 rings (SSSR count). The lowest BCUT2D eigenvalue weighted by Crippen LogP contribution is -2.20. The smallest absolute Gasteiger partial charge is 0.206 e. The number of Topliss-reactive ketones (excluding diaryl/α,β-unsaturated/α-hetero) is 3. The van der Waals surface area contributed by atoms with E-state index in [9.17, 15) is 23.2 Å². The third kappa shape index (κ3) is 4.15. The van der Waals surface area contributed by atoms with E-state index in [2.05, 4.69) is 0 Å². The van der Waals surface area contributed by atoms with Crippen LogP contribution in [0.2, 0.25) is 0 Å². The third-order valence-electron chi connectivity index (χ3n) is 3.08. The van der Waals surface area contributed by atoms with Crippen molar-refractivity contribution in [2.75, 3.05) is 0 Å². The van der Waals surface area contributed by atoms with Gasteiger partial charge in [0, 0.05) is 12.0 Å². The highest BCUT2D eigenvalue weighted by atomic mass is 19.1. The molecular formula is C17H12F2O3. The highest BCUT2D eigenvalue weighted by molar-refractivity contribution is 6.41. The van der Waals surface area contributed by atoms with Gasteiger partial charge in [0.15, 0.2) is 5.78 Å². The number of benzene rings is 2. The summed E-state index contributed by atoms with van der Waals surface area (Å²) in [6, 6.07) is 9.93. The van der Waals surface area contributed by atoms with Crippen LogP contribution >= 0.6 is 0 Å². The summed E-state index contributed by atoms with van der Waals surface area (Å²) >= 11 is 0. The first-order valence-electron chi connectivity index (χ1n) is 6.55. The second-order valence-electron chi connectivity index (χ2n) is 4.76. The first-order chi connectivity index (χ1) is 10.5. The number of halogens is 2. The van der Waals surface area contributed by atoms with Crippen LogP contribution in [-0.4, -0.2) is 17.3 Å². The lowest BCUT2D eigenvalue weighted by Gasteiger charge is -2.02. The van der Waals surface area contributed by atoms with Gasteiger partial charge < -0.3 is 0 Å². The maximum atomic E-state index is 12.8. The molecule has 0 aromatic heterocycles. The van der Waals surface area contributed by atoms with Crippen LogP contribution in [0.1, 0.15) is 22.3 Å². The van der Waals surface area contributed by atoms with Crippen molar-refractivity contribution in [3.63, 3.8) is 0 Å². The molecule has 0 fully saturated rings. The van der Waals surface area contributed by atoms with Crippen LogP contribution < -0.4 is 0 Å². The molecule has 5 heteroatoms. The van der Waals surface area contributed by atoms with Crippen LogP contribution in [0.3, 0.4) is 0 Å².